The van der Waals surface area contributed by atoms with E-state index in [0.717, 1.165) is 24.1 Å². The minimum Gasteiger partial charge on any atom is -0.388 e. The third-order valence-electron chi connectivity index (χ3n) is 2.01. The van der Waals surface area contributed by atoms with E-state index in [2.05, 4.69) is 4.98 Å². The van der Waals surface area contributed by atoms with Crippen LogP contribution in [0.2, 0.25) is 5.02 Å². The number of aryl methyl sites for hydroxylation is 1. The van der Waals surface area contributed by atoms with Gasteiger partial charge in [0.05, 0.1) is 6.10 Å². The van der Waals surface area contributed by atoms with Crippen molar-refractivity contribution in [3.8, 4) is 0 Å². The summed E-state index contributed by atoms with van der Waals surface area (Å²) in [5.74, 6) is 0. The molecule has 1 heterocycles. The zero-order chi connectivity index (χ0) is 7.84. The zero-order valence-corrected chi connectivity index (χ0v) is 6.67. The highest BCUT2D eigenvalue weighted by molar-refractivity contribution is 6.31. The minimum atomic E-state index is -0.397. The first kappa shape index (κ1) is 7.07. The van der Waals surface area contributed by atoms with E-state index < -0.39 is 6.10 Å². The third kappa shape index (κ3) is 1.03. The Labute approximate surface area is 69.8 Å². The van der Waals surface area contributed by atoms with Crippen LogP contribution in [0.5, 0.6) is 0 Å². The molecule has 0 saturated carbocycles. The fraction of sp³-hybridized carbons (Fsp3) is 0.375. The molecule has 0 amide bonds. The normalized spacial score (nSPS) is 21.8. The van der Waals surface area contributed by atoms with Crippen LogP contribution in [0.4, 0.5) is 0 Å². The number of hydrogen-bond acceptors (Lipinski definition) is 2. The van der Waals surface area contributed by atoms with Crippen LogP contribution in [0.3, 0.4) is 0 Å². The molecule has 2 nitrogen and oxygen atoms in total. The fourth-order valence-corrected chi connectivity index (χ4v) is 1.75. The number of aliphatic hydroxyl groups excluding tert-OH is 1. The van der Waals surface area contributed by atoms with Gasteiger partial charge in [-0.15, -0.1) is 0 Å². The smallest absolute Gasteiger partial charge is 0.0826 e. The number of aromatic nitrogens is 1. The number of nitrogens with zero attached hydrogens (tertiary/aromatic N) is 1. The number of rotatable bonds is 0. The summed E-state index contributed by atoms with van der Waals surface area (Å²) in [6.45, 7) is 0. The molecule has 11 heavy (non-hydrogen) atoms. The molecular weight excluding hydrogens is 162 g/mol. The topological polar surface area (TPSA) is 33.1 Å². The Balaban J connectivity index is 2.58. The van der Waals surface area contributed by atoms with Crippen LogP contribution in [0.25, 0.3) is 0 Å². The van der Waals surface area contributed by atoms with E-state index in [1.54, 1.807) is 12.3 Å². The predicted octanol–water partition coefficient (Wildman–Crippen LogP) is 1.71. The first-order valence-corrected chi connectivity index (χ1v) is 3.98. The van der Waals surface area contributed by atoms with Crippen molar-refractivity contribution >= 4 is 11.6 Å². The highest BCUT2D eigenvalue weighted by Gasteiger charge is 2.23. The highest BCUT2D eigenvalue weighted by Crippen LogP contribution is 2.34. The van der Waals surface area contributed by atoms with Crippen LogP contribution in [-0.4, -0.2) is 10.1 Å². The van der Waals surface area contributed by atoms with Gasteiger partial charge in [0, 0.05) is 22.5 Å². The van der Waals surface area contributed by atoms with Crippen LogP contribution in [0.1, 0.15) is 23.8 Å². The molecule has 0 bridgehead atoms. The second kappa shape index (κ2) is 2.47. The number of halogens is 1. The summed E-state index contributed by atoms with van der Waals surface area (Å²) in [5, 5.41) is 10.1. The molecule has 0 saturated heterocycles. The van der Waals surface area contributed by atoms with Gasteiger partial charge in [0.15, 0.2) is 0 Å². The molecule has 0 radical (unpaired) electrons. The summed E-state index contributed by atoms with van der Waals surface area (Å²) in [7, 11) is 0. The molecule has 1 aromatic heterocycles. The lowest BCUT2D eigenvalue weighted by molar-refractivity contribution is 0.180. The lowest BCUT2D eigenvalue weighted by Gasteiger charge is -2.03. The maximum absolute atomic E-state index is 9.44. The van der Waals surface area contributed by atoms with Gasteiger partial charge in [0.2, 0.25) is 0 Å². The first-order valence-electron chi connectivity index (χ1n) is 3.60. The van der Waals surface area contributed by atoms with E-state index in [9.17, 15) is 5.11 Å². The van der Waals surface area contributed by atoms with E-state index in [4.69, 9.17) is 11.6 Å². The standard InChI is InChI=1S/C8H8ClNO/c9-5-3-4-10-6-1-2-7(11)8(5)6/h3-4,7,11H,1-2H2. The van der Waals surface area contributed by atoms with Gasteiger partial charge >= 0.3 is 0 Å². The van der Waals surface area contributed by atoms with Gasteiger partial charge in [0.1, 0.15) is 0 Å². The molecule has 0 spiro atoms. The van der Waals surface area contributed by atoms with Crippen molar-refractivity contribution in [2.45, 2.75) is 18.9 Å². The molecule has 58 valence electrons. The molecule has 1 N–H and O–H groups in total. The van der Waals surface area contributed by atoms with E-state index in [-0.39, 0.29) is 0 Å². The van der Waals surface area contributed by atoms with Gasteiger partial charge in [-0.1, -0.05) is 11.6 Å². The Kier molecular flexibility index (Phi) is 1.59. The Bertz CT molecular complexity index is 287. The fourth-order valence-electron chi connectivity index (χ4n) is 1.46. The van der Waals surface area contributed by atoms with Crippen molar-refractivity contribution < 1.29 is 5.11 Å². The first-order chi connectivity index (χ1) is 5.29. The summed E-state index contributed by atoms with van der Waals surface area (Å²) in [4.78, 5) is 4.13. The van der Waals surface area contributed by atoms with Gasteiger partial charge in [-0.3, -0.25) is 4.98 Å². The molecule has 1 aliphatic carbocycles. The van der Waals surface area contributed by atoms with Crippen LogP contribution in [0, 0.1) is 0 Å². The quantitative estimate of drug-likeness (QED) is 0.642. The third-order valence-corrected chi connectivity index (χ3v) is 2.34. The number of aliphatic hydroxyl groups is 1. The van der Waals surface area contributed by atoms with Gasteiger partial charge < -0.3 is 5.11 Å². The van der Waals surface area contributed by atoms with Crippen molar-refractivity contribution in [2.75, 3.05) is 0 Å². The molecule has 1 unspecified atom stereocenters. The minimum absolute atomic E-state index is 0.397. The average molecular weight is 170 g/mol. The maximum Gasteiger partial charge on any atom is 0.0826 e. The van der Waals surface area contributed by atoms with Gasteiger partial charge in [-0.05, 0) is 18.9 Å². The van der Waals surface area contributed by atoms with Crippen molar-refractivity contribution in [1.82, 2.24) is 4.98 Å². The summed E-state index contributed by atoms with van der Waals surface area (Å²) >= 11 is 5.86. The van der Waals surface area contributed by atoms with Crippen LogP contribution in [-0.2, 0) is 6.42 Å². The summed E-state index contributed by atoms with van der Waals surface area (Å²) < 4.78 is 0. The lowest BCUT2D eigenvalue weighted by Crippen LogP contribution is -1.92. The molecule has 0 aliphatic heterocycles. The van der Waals surface area contributed by atoms with Crippen molar-refractivity contribution in [2.24, 2.45) is 0 Å². The SMILES string of the molecule is OC1CCc2nccc(Cl)c21. The monoisotopic (exact) mass is 169 g/mol. The average Bonchev–Trinajstić information content (AvgIpc) is 2.34. The second-order valence-corrected chi connectivity index (χ2v) is 3.11. The number of pyridine rings is 1. The van der Waals surface area contributed by atoms with E-state index >= 15 is 0 Å². The Morgan fingerprint density at radius 2 is 2.45 bits per heavy atom. The van der Waals surface area contributed by atoms with E-state index in [0.29, 0.717) is 5.02 Å². The van der Waals surface area contributed by atoms with Crippen molar-refractivity contribution in [3.63, 3.8) is 0 Å². The summed E-state index contributed by atoms with van der Waals surface area (Å²) in [5.41, 5.74) is 1.78. The molecular formula is C8H8ClNO. The molecule has 1 aromatic rings. The lowest BCUT2D eigenvalue weighted by atomic mass is 10.2. The predicted molar refractivity (Wildman–Crippen MR) is 42.5 cm³/mol. The Hall–Kier alpha value is -0.600. The van der Waals surface area contributed by atoms with Crippen LogP contribution >= 0.6 is 11.6 Å². The molecule has 0 fully saturated rings. The Morgan fingerprint density at radius 1 is 1.64 bits per heavy atom. The summed E-state index contributed by atoms with van der Waals surface area (Å²) in [6, 6.07) is 1.72. The van der Waals surface area contributed by atoms with Crippen molar-refractivity contribution in [1.29, 1.82) is 0 Å². The summed E-state index contributed by atoms with van der Waals surface area (Å²) in [6.07, 6.45) is 2.88. The largest absolute Gasteiger partial charge is 0.388 e. The maximum atomic E-state index is 9.44. The van der Waals surface area contributed by atoms with Crippen LogP contribution < -0.4 is 0 Å². The molecule has 3 heteroatoms. The van der Waals surface area contributed by atoms with E-state index in [1.165, 1.54) is 0 Å². The zero-order valence-electron chi connectivity index (χ0n) is 5.92. The van der Waals surface area contributed by atoms with E-state index in [1.807, 2.05) is 0 Å². The van der Waals surface area contributed by atoms with Gasteiger partial charge in [-0.2, -0.15) is 0 Å². The molecule has 1 aliphatic rings. The molecule has 1 atom stereocenters. The Morgan fingerprint density at radius 3 is 3.18 bits per heavy atom. The van der Waals surface area contributed by atoms with Crippen molar-refractivity contribution in [3.05, 3.63) is 28.5 Å². The molecule has 2 rings (SSSR count). The second-order valence-electron chi connectivity index (χ2n) is 2.71. The van der Waals surface area contributed by atoms with Gasteiger partial charge in [0.25, 0.3) is 0 Å². The number of hydrogen-bond donors (Lipinski definition) is 1. The van der Waals surface area contributed by atoms with Crippen LogP contribution in [0.15, 0.2) is 12.3 Å². The highest BCUT2D eigenvalue weighted by atomic mass is 35.5. The number of fused-ring (bicyclic) bond motifs is 1. The van der Waals surface area contributed by atoms with Gasteiger partial charge in [-0.25, -0.2) is 0 Å². The molecule has 0 aromatic carbocycles.